The summed E-state index contributed by atoms with van der Waals surface area (Å²) in [6, 6.07) is 0. The van der Waals surface area contributed by atoms with Crippen LogP contribution in [0.5, 0.6) is 0 Å². The van der Waals surface area contributed by atoms with Crippen LogP contribution in [0.2, 0.25) is 0 Å². The zero-order valence-corrected chi connectivity index (χ0v) is 18.7. The van der Waals surface area contributed by atoms with Crippen LogP contribution in [-0.2, 0) is 28.4 Å². The van der Waals surface area contributed by atoms with Gasteiger partial charge in [0.05, 0.1) is 19.8 Å². The molecular formula is C19H34O16. The van der Waals surface area contributed by atoms with Gasteiger partial charge in [0.2, 0.25) is 0 Å². The lowest BCUT2D eigenvalue weighted by Crippen LogP contribution is -2.66. The number of aliphatic hydroxyl groups excluding tert-OH is 10. The molecule has 0 aromatic carbocycles. The van der Waals surface area contributed by atoms with Crippen LogP contribution in [0, 0.1) is 0 Å². The number of ether oxygens (including phenoxy) is 6. The first-order valence-corrected chi connectivity index (χ1v) is 11.0. The summed E-state index contributed by atoms with van der Waals surface area (Å²) in [4.78, 5) is 0. The highest BCUT2D eigenvalue weighted by Crippen LogP contribution is 2.32. The molecule has 10 N–H and O–H groups in total. The minimum absolute atomic E-state index is 0.605. The third-order valence-corrected chi connectivity index (χ3v) is 6.34. The van der Waals surface area contributed by atoms with Gasteiger partial charge in [-0.1, -0.05) is 0 Å². The van der Waals surface area contributed by atoms with Crippen molar-refractivity contribution in [2.45, 2.75) is 92.1 Å². The van der Waals surface area contributed by atoms with Crippen LogP contribution in [0.25, 0.3) is 0 Å². The normalized spacial score (nSPS) is 51.3. The molecular weight excluding hydrogens is 484 g/mol. The molecule has 0 aromatic rings. The van der Waals surface area contributed by atoms with Crippen molar-refractivity contribution in [1.29, 1.82) is 0 Å². The van der Waals surface area contributed by atoms with E-state index in [9.17, 15) is 51.1 Å². The summed E-state index contributed by atoms with van der Waals surface area (Å²) in [6.45, 7) is -2.15. The van der Waals surface area contributed by atoms with Crippen molar-refractivity contribution in [2.24, 2.45) is 0 Å². The molecule has 3 aliphatic heterocycles. The standard InChI is InChI=1S/C19H34O16/c1-30-14-5(2-20)32-18(12(27)9(14)24)35-16-7(4-22)33-19(13(28)10(16)25)34-15-6(3-21)31-17(29)11(26)8(15)23/h5-29H,2-4H2,1H3/t5?,6?,7?,8-,9-,10-,11?,12?,13?,14+,15+,16+,17-,18+,19+/m1/s1. The van der Waals surface area contributed by atoms with Crippen LogP contribution < -0.4 is 0 Å². The molecule has 0 bridgehead atoms. The lowest BCUT2D eigenvalue weighted by atomic mass is 9.96. The molecule has 0 saturated carbocycles. The van der Waals surface area contributed by atoms with E-state index in [2.05, 4.69) is 0 Å². The maximum Gasteiger partial charge on any atom is 0.187 e. The van der Waals surface area contributed by atoms with E-state index in [1.807, 2.05) is 0 Å². The van der Waals surface area contributed by atoms with Gasteiger partial charge in [-0.05, 0) is 0 Å². The molecule has 16 heteroatoms. The Bertz CT molecular complexity index is 650. The lowest BCUT2D eigenvalue weighted by molar-refractivity contribution is -0.378. The Hall–Kier alpha value is -0.640. The van der Waals surface area contributed by atoms with Gasteiger partial charge in [-0.2, -0.15) is 0 Å². The van der Waals surface area contributed by atoms with Crippen molar-refractivity contribution >= 4 is 0 Å². The number of hydrogen-bond acceptors (Lipinski definition) is 16. The summed E-state index contributed by atoms with van der Waals surface area (Å²) in [5.74, 6) is 0. The quantitative estimate of drug-likeness (QED) is 0.143. The molecule has 0 radical (unpaired) electrons. The number of hydrogen-bond donors (Lipinski definition) is 10. The van der Waals surface area contributed by atoms with Crippen LogP contribution in [0.4, 0.5) is 0 Å². The van der Waals surface area contributed by atoms with E-state index >= 15 is 0 Å². The molecule has 16 nitrogen and oxygen atoms in total. The first kappa shape index (κ1) is 28.9. The van der Waals surface area contributed by atoms with E-state index in [1.54, 1.807) is 0 Å². The second kappa shape index (κ2) is 12.3. The second-order valence-corrected chi connectivity index (χ2v) is 8.54. The molecule has 3 aliphatic rings. The summed E-state index contributed by atoms with van der Waals surface area (Å²) in [5.41, 5.74) is 0. The predicted octanol–water partition coefficient (Wildman–Crippen LogP) is -6.92. The minimum atomic E-state index is -1.88. The van der Waals surface area contributed by atoms with E-state index in [0.717, 1.165) is 0 Å². The highest BCUT2D eigenvalue weighted by Gasteiger charge is 2.53. The van der Waals surface area contributed by atoms with E-state index < -0.39 is 112 Å². The van der Waals surface area contributed by atoms with Crippen LogP contribution >= 0.6 is 0 Å². The van der Waals surface area contributed by atoms with E-state index in [0.29, 0.717) is 0 Å². The molecule has 15 atom stereocenters. The molecule has 0 aliphatic carbocycles. The SMILES string of the molecule is CO[C@H]1C(CO)O[C@@H](O[C@H]2C(CO)O[C@@H](O[C@H]3C(CO)O[C@@H](O)C(O)[C@H]3O)C(O)[C@H]2O)C(O)[C@H]1O. The fraction of sp³-hybridized carbons (Fsp3) is 1.00. The molecule has 3 rings (SSSR count). The van der Waals surface area contributed by atoms with Crippen molar-refractivity contribution < 1.29 is 79.5 Å². The fourth-order valence-corrected chi connectivity index (χ4v) is 4.33. The largest absolute Gasteiger partial charge is 0.394 e. The average Bonchev–Trinajstić information content (AvgIpc) is 2.85. The predicted molar refractivity (Wildman–Crippen MR) is 106 cm³/mol. The van der Waals surface area contributed by atoms with E-state index in [-0.39, 0.29) is 0 Å². The zero-order valence-electron chi connectivity index (χ0n) is 18.7. The van der Waals surface area contributed by atoms with Gasteiger partial charge in [-0.15, -0.1) is 0 Å². The van der Waals surface area contributed by atoms with Gasteiger partial charge in [0.1, 0.15) is 73.2 Å². The maximum atomic E-state index is 10.7. The maximum absolute atomic E-state index is 10.7. The Morgan fingerprint density at radius 3 is 1.31 bits per heavy atom. The highest BCUT2D eigenvalue weighted by atomic mass is 16.8. The molecule has 3 heterocycles. The van der Waals surface area contributed by atoms with Crippen molar-refractivity contribution in [3.8, 4) is 0 Å². The smallest absolute Gasteiger partial charge is 0.187 e. The van der Waals surface area contributed by atoms with Gasteiger partial charge in [0, 0.05) is 7.11 Å². The summed E-state index contributed by atoms with van der Waals surface area (Å²) >= 11 is 0. The molecule has 0 spiro atoms. The third kappa shape index (κ3) is 5.78. The monoisotopic (exact) mass is 518 g/mol. The summed E-state index contributed by atoms with van der Waals surface area (Å²) < 4.78 is 31.8. The van der Waals surface area contributed by atoms with Crippen LogP contribution in [0.15, 0.2) is 0 Å². The highest BCUT2D eigenvalue weighted by molar-refractivity contribution is 4.96. The molecule has 3 saturated heterocycles. The van der Waals surface area contributed by atoms with Gasteiger partial charge >= 0.3 is 0 Å². The Kier molecular flexibility index (Phi) is 10.1. The second-order valence-electron chi connectivity index (χ2n) is 8.54. The average molecular weight is 518 g/mol. The van der Waals surface area contributed by atoms with Crippen LogP contribution in [0.1, 0.15) is 0 Å². The van der Waals surface area contributed by atoms with E-state index in [4.69, 9.17) is 28.4 Å². The Morgan fingerprint density at radius 2 is 0.886 bits per heavy atom. The topological polar surface area (TPSA) is 258 Å². The van der Waals surface area contributed by atoms with Gasteiger partial charge in [0.15, 0.2) is 18.9 Å². The van der Waals surface area contributed by atoms with Crippen molar-refractivity contribution in [1.82, 2.24) is 0 Å². The summed E-state index contributed by atoms with van der Waals surface area (Å²) in [7, 11) is 1.24. The van der Waals surface area contributed by atoms with Crippen molar-refractivity contribution in [3.05, 3.63) is 0 Å². The third-order valence-electron chi connectivity index (χ3n) is 6.34. The minimum Gasteiger partial charge on any atom is -0.394 e. The van der Waals surface area contributed by atoms with Gasteiger partial charge in [-0.3, -0.25) is 0 Å². The van der Waals surface area contributed by atoms with Gasteiger partial charge in [0.25, 0.3) is 0 Å². The number of methoxy groups -OCH3 is 1. The van der Waals surface area contributed by atoms with Gasteiger partial charge < -0.3 is 79.5 Å². The summed E-state index contributed by atoms with van der Waals surface area (Å²) in [6.07, 6.45) is -23.7. The van der Waals surface area contributed by atoms with E-state index in [1.165, 1.54) is 7.11 Å². The zero-order chi connectivity index (χ0) is 26.0. The van der Waals surface area contributed by atoms with Gasteiger partial charge in [-0.25, -0.2) is 0 Å². The Morgan fingerprint density at radius 1 is 0.514 bits per heavy atom. The van der Waals surface area contributed by atoms with Crippen molar-refractivity contribution in [3.63, 3.8) is 0 Å². The first-order valence-electron chi connectivity index (χ1n) is 11.0. The number of rotatable bonds is 8. The number of aliphatic hydroxyl groups is 10. The molecule has 6 unspecified atom stereocenters. The van der Waals surface area contributed by atoms with Crippen LogP contribution in [-0.4, -0.2) is 170 Å². The Labute approximate surface area is 199 Å². The Balaban J connectivity index is 1.72. The molecule has 206 valence electrons. The molecule has 0 aromatic heterocycles. The molecule has 35 heavy (non-hydrogen) atoms. The molecule has 0 amide bonds. The van der Waals surface area contributed by atoms with Crippen LogP contribution in [0.3, 0.4) is 0 Å². The summed E-state index contributed by atoms with van der Waals surface area (Å²) in [5, 5.41) is 100. The fourth-order valence-electron chi connectivity index (χ4n) is 4.33. The first-order chi connectivity index (χ1) is 16.6. The molecule has 3 fully saturated rings. The van der Waals surface area contributed by atoms with Crippen molar-refractivity contribution in [2.75, 3.05) is 26.9 Å². The lowest BCUT2D eigenvalue weighted by Gasteiger charge is -2.48.